The number of benzene rings is 1. The number of hydrogen-bond acceptors (Lipinski definition) is 3. The first kappa shape index (κ1) is 15.6. The molecule has 0 saturated heterocycles. The van der Waals surface area contributed by atoms with Crippen LogP contribution in [0.15, 0.2) is 30.5 Å². The molecule has 0 atom stereocenters. The molecule has 1 aromatic heterocycles. The van der Waals surface area contributed by atoms with Crippen LogP contribution < -0.4 is 5.32 Å². The number of hydrogen-bond donors (Lipinski definition) is 2. The molecule has 0 aliphatic heterocycles. The fraction of sp³-hybridized carbons (Fsp3) is 0. The molecule has 108 valence electrons. The van der Waals surface area contributed by atoms with Crippen molar-refractivity contribution in [1.82, 2.24) is 4.98 Å². The maximum Gasteiger partial charge on any atom is 0.337 e. The van der Waals surface area contributed by atoms with Crippen molar-refractivity contribution in [2.45, 2.75) is 0 Å². The monoisotopic (exact) mass is 344 g/mol. The topological polar surface area (TPSA) is 79.3 Å². The smallest absolute Gasteiger partial charge is 0.337 e. The number of nitrogens with one attached hydrogen (secondary N) is 1. The first-order chi connectivity index (χ1) is 9.90. The largest absolute Gasteiger partial charge is 0.478 e. The van der Waals surface area contributed by atoms with Crippen LogP contribution in [0.1, 0.15) is 20.7 Å². The van der Waals surface area contributed by atoms with E-state index in [-0.39, 0.29) is 32.0 Å². The van der Waals surface area contributed by atoms with Gasteiger partial charge in [0.1, 0.15) is 5.15 Å². The van der Waals surface area contributed by atoms with E-state index >= 15 is 0 Å². The summed E-state index contributed by atoms with van der Waals surface area (Å²) in [5, 5.41) is 11.8. The molecule has 0 unspecified atom stereocenters. The molecule has 2 N–H and O–H groups in total. The number of carboxylic acids is 1. The number of aromatic nitrogens is 1. The molecule has 0 fully saturated rings. The van der Waals surface area contributed by atoms with Gasteiger partial charge in [-0.25, -0.2) is 9.78 Å². The fourth-order valence-electron chi connectivity index (χ4n) is 1.60. The number of nitrogens with zero attached hydrogens (tertiary/aromatic N) is 1. The Morgan fingerprint density at radius 3 is 2.48 bits per heavy atom. The van der Waals surface area contributed by atoms with Crippen molar-refractivity contribution in [1.29, 1.82) is 0 Å². The molecule has 1 amide bonds. The number of para-hydroxylation sites is 1. The van der Waals surface area contributed by atoms with Gasteiger partial charge in [0, 0.05) is 6.20 Å². The Morgan fingerprint density at radius 1 is 1.10 bits per heavy atom. The summed E-state index contributed by atoms with van der Waals surface area (Å²) in [6, 6.07) is 5.53. The van der Waals surface area contributed by atoms with E-state index in [9.17, 15) is 9.59 Å². The van der Waals surface area contributed by atoms with Crippen LogP contribution in [0.3, 0.4) is 0 Å². The number of aromatic carboxylic acids is 1. The number of carbonyl (C=O) groups is 2. The van der Waals surface area contributed by atoms with Crippen LogP contribution >= 0.6 is 34.8 Å². The molecule has 21 heavy (non-hydrogen) atoms. The Kier molecular flexibility index (Phi) is 4.67. The molecule has 0 spiro atoms. The van der Waals surface area contributed by atoms with Crippen molar-refractivity contribution < 1.29 is 14.7 Å². The van der Waals surface area contributed by atoms with E-state index in [2.05, 4.69) is 10.3 Å². The predicted molar refractivity (Wildman–Crippen MR) is 80.6 cm³/mol. The van der Waals surface area contributed by atoms with Gasteiger partial charge in [0.25, 0.3) is 5.91 Å². The Bertz CT molecular complexity index is 735. The molecule has 5 nitrogen and oxygen atoms in total. The van der Waals surface area contributed by atoms with Crippen LogP contribution in [0, 0.1) is 0 Å². The lowest BCUT2D eigenvalue weighted by molar-refractivity contribution is 0.0698. The van der Waals surface area contributed by atoms with Crippen LogP contribution in [0.25, 0.3) is 0 Å². The van der Waals surface area contributed by atoms with Crippen LogP contribution in [0.2, 0.25) is 15.2 Å². The number of halogens is 3. The highest BCUT2D eigenvalue weighted by Gasteiger charge is 2.18. The minimum Gasteiger partial charge on any atom is -0.478 e. The molecular formula is C13H7Cl3N2O3. The molecule has 2 aromatic rings. The molecular weight excluding hydrogens is 339 g/mol. The first-order valence-electron chi connectivity index (χ1n) is 5.54. The minimum absolute atomic E-state index is 0.0133. The van der Waals surface area contributed by atoms with Crippen molar-refractivity contribution in [2.24, 2.45) is 0 Å². The zero-order valence-corrected chi connectivity index (χ0v) is 12.5. The number of carboxylic acid groups (broad SMARTS) is 1. The van der Waals surface area contributed by atoms with Gasteiger partial charge in [-0.1, -0.05) is 40.9 Å². The van der Waals surface area contributed by atoms with E-state index in [1.165, 1.54) is 30.5 Å². The third-order valence-corrected chi connectivity index (χ3v) is 3.37. The summed E-state index contributed by atoms with van der Waals surface area (Å²) in [6.07, 6.45) is 1.23. The Hall–Kier alpha value is -1.82. The minimum atomic E-state index is -1.22. The highest BCUT2D eigenvalue weighted by atomic mass is 35.5. The molecule has 0 radical (unpaired) electrons. The highest BCUT2D eigenvalue weighted by molar-refractivity contribution is 6.37. The van der Waals surface area contributed by atoms with Gasteiger partial charge in [-0.15, -0.1) is 0 Å². The average Bonchev–Trinajstić information content (AvgIpc) is 2.43. The molecule has 1 heterocycles. The van der Waals surface area contributed by atoms with E-state index in [0.29, 0.717) is 0 Å². The lowest BCUT2D eigenvalue weighted by Gasteiger charge is -2.11. The van der Waals surface area contributed by atoms with Crippen molar-refractivity contribution in [2.75, 3.05) is 5.32 Å². The van der Waals surface area contributed by atoms with Gasteiger partial charge in [0.2, 0.25) is 0 Å². The van der Waals surface area contributed by atoms with Crippen LogP contribution in [0.5, 0.6) is 0 Å². The predicted octanol–water partition coefficient (Wildman–Crippen LogP) is 3.99. The molecule has 0 saturated carbocycles. The summed E-state index contributed by atoms with van der Waals surface area (Å²) >= 11 is 17.5. The Labute approximate surface area is 134 Å². The standard InChI is InChI=1S/C13H7Cl3N2O3/c14-8-3-1-2-6(13(20)21)11(8)18-12(19)7-4-10(16)17-5-9(7)15/h1-5H,(H,18,19)(H,20,21). The summed E-state index contributed by atoms with van der Waals surface area (Å²) in [5.41, 5.74) is -0.0827. The van der Waals surface area contributed by atoms with Crippen molar-refractivity contribution >= 4 is 52.4 Å². The van der Waals surface area contributed by atoms with Crippen molar-refractivity contribution in [3.05, 3.63) is 56.8 Å². The number of carbonyl (C=O) groups excluding carboxylic acids is 1. The summed E-state index contributed by atoms with van der Waals surface area (Å²) in [5.74, 6) is -1.86. The summed E-state index contributed by atoms with van der Waals surface area (Å²) in [6.45, 7) is 0. The molecule has 0 bridgehead atoms. The average molecular weight is 346 g/mol. The van der Waals surface area contributed by atoms with Gasteiger partial charge in [0.05, 0.1) is 26.9 Å². The molecule has 1 aromatic carbocycles. The third kappa shape index (κ3) is 3.44. The van der Waals surface area contributed by atoms with Crippen molar-refractivity contribution in [3.63, 3.8) is 0 Å². The second kappa shape index (κ2) is 6.30. The second-order valence-electron chi connectivity index (χ2n) is 3.91. The normalized spacial score (nSPS) is 10.2. The number of pyridine rings is 1. The summed E-state index contributed by atoms with van der Waals surface area (Å²) in [7, 11) is 0. The summed E-state index contributed by atoms with van der Waals surface area (Å²) < 4.78 is 0. The van der Waals surface area contributed by atoms with Gasteiger partial charge >= 0.3 is 5.97 Å². The highest BCUT2D eigenvalue weighted by Crippen LogP contribution is 2.27. The van der Waals surface area contributed by atoms with E-state index in [1.807, 2.05) is 0 Å². The molecule has 0 aliphatic carbocycles. The van der Waals surface area contributed by atoms with Crippen LogP contribution in [-0.2, 0) is 0 Å². The number of amides is 1. The number of rotatable bonds is 3. The van der Waals surface area contributed by atoms with Gasteiger partial charge in [0.15, 0.2) is 0 Å². The molecule has 2 rings (SSSR count). The Morgan fingerprint density at radius 2 is 1.81 bits per heavy atom. The van der Waals surface area contributed by atoms with Crippen molar-refractivity contribution in [3.8, 4) is 0 Å². The van der Waals surface area contributed by atoms with Gasteiger partial charge < -0.3 is 10.4 Å². The number of anilines is 1. The molecule has 8 heteroatoms. The van der Waals surface area contributed by atoms with E-state index < -0.39 is 11.9 Å². The van der Waals surface area contributed by atoms with E-state index in [4.69, 9.17) is 39.9 Å². The fourth-order valence-corrected chi connectivity index (χ4v) is 2.17. The zero-order valence-electron chi connectivity index (χ0n) is 10.2. The lowest BCUT2D eigenvalue weighted by Crippen LogP contribution is -2.16. The van der Waals surface area contributed by atoms with Crippen LogP contribution in [-0.4, -0.2) is 22.0 Å². The van der Waals surface area contributed by atoms with Gasteiger partial charge in [-0.3, -0.25) is 4.79 Å². The maximum atomic E-state index is 12.2. The first-order valence-corrected chi connectivity index (χ1v) is 6.67. The maximum absolute atomic E-state index is 12.2. The van der Waals surface area contributed by atoms with Gasteiger partial charge in [-0.2, -0.15) is 0 Å². The van der Waals surface area contributed by atoms with Gasteiger partial charge in [-0.05, 0) is 18.2 Å². The SMILES string of the molecule is O=C(Nc1c(Cl)cccc1C(=O)O)c1cc(Cl)ncc1Cl. The Balaban J connectivity index is 2.41. The quantitative estimate of drug-likeness (QED) is 0.824. The lowest BCUT2D eigenvalue weighted by atomic mass is 10.1. The zero-order chi connectivity index (χ0) is 15.6. The van der Waals surface area contributed by atoms with E-state index in [0.717, 1.165) is 0 Å². The summed E-state index contributed by atoms with van der Waals surface area (Å²) in [4.78, 5) is 27.1. The molecule has 0 aliphatic rings. The second-order valence-corrected chi connectivity index (χ2v) is 5.11. The van der Waals surface area contributed by atoms with E-state index in [1.54, 1.807) is 0 Å². The van der Waals surface area contributed by atoms with Crippen LogP contribution in [0.4, 0.5) is 5.69 Å². The third-order valence-electron chi connectivity index (χ3n) is 2.55.